The standard InChI is InChI=1S/C13H26N2O2/c1-10(14-5)11-8-6-7-9-15(11)12(16)17-13(2,3)4/h10-11,14H,6-9H2,1-5H3/t10-,11+/m1/s1. The van der Waals surface area contributed by atoms with Crippen LogP contribution >= 0.6 is 0 Å². The Labute approximate surface area is 105 Å². The zero-order valence-corrected chi connectivity index (χ0v) is 11.7. The highest BCUT2D eigenvalue weighted by atomic mass is 16.6. The topological polar surface area (TPSA) is 41.6 Å². The van der Waals surface area contributed by atoms with E-state index in [2.05, 4.69) is 12.2 Å². The lowest BCUT2D eigenvalue weighted by atomic mass is 9.97. The summed E-state index contributed by atoms with van der Waals surface area (Å²) >= 11 is 0. The van der Waals surface area contributed by atoms with E-state index in [1.807, 2.05) is 32.7 Å². The fourth-order valence-electron chi connectivity index (χ4n) is 2.22. The van der Waals surface area contributed by atoms with Crippen LogP contribution in [0.4, 0.5) is 4.79 Å². The number of nitrogens with zero attached hydrogens (tertiary/aromatic N) is 1. The van der Waals surface area contributed by atoms with Gasteiger partial charge in [-0.15, -0.1) is 0 Å². The molecule has 0 aliphatic carbocycles. The van der Waals surface area contributed by atoms with Crippen molar-refractivity contribution in [1.29, 1.82) is 0 Å². The van der Waals surface area contributed by atoms with Crippen molar-refractivity contribution in [2.24, 2.45) is 0 Å². The minimum atomic E-state index is -0.415. The lowest BCUT2D eigenvalue weighted by Gasteiger charge is -2.39. The summed E-state index contributed by atoms with van der Waals surface area (Å²) in [6, 6.07) is 0.561. The second-order valence-corrected chi connectivity index (χ2v) is 5.81. The number of amides is 1. The Morgan fingerprint density at radius 3 is 2.59 bits per heavy atom. The molecule has 1 aliphatic rings. The summed E-state index contributed by atoms with van der Waals surface area (Å²) in [5.74, 6) is 0. The second-order valence-electron chi connectivity index (χ2n) is 5.81. The molecule has 0 aromatic heterocycles. The molecule has 0 spiro atoms. The van der Waals surface area contributed by atoms with Crippen LogP contribution in [0.15, 0.2) is 0 Å². The number of carbonyl (C=O) groups is 1. The van der Waals surface area contributed by atoms with Crippen LogP contribution in [0.3, 0.4) is 0 Å². The number of piperidine rings is 1. The molecule has 1 amide bonds. The molecular formula is C13H26N2O2. The molecule has 0 bridgehead atoms. The minimum absolute atomic E-state index is 0.177. The van der Waals surface area contributed by atoms with E-state index < -0.39 is 5.60 Å². The lowest BCUT2D eigenvalue weighted by Crippen LogP contribution is -2.53. The van der Waals surface area contributed by atoms with Crippen LogP contribution in [0.5, 0.6) is 0 Å². The summed E-state index contributed by atoms with van der Waals surface area (Å²) in [6.07, 6.45) is 3.15. The number of hydrogen-bond donors (Lipinski definition) is 1. The maximum atomic E-state index is 12.1. The molecule has 2 atom stereocenters. The van der Waals surface area contributed by atoms with Crippen molar-refractivity contribution in [3.63, 3.8) is 0 Å². The number of likely N-dealkylation sites (N-methyl/N-ethyl adjacent to an activating group) is 1. The second kappa shape index (κ2) is 5.71. The third-order valence-corrected chi connectivity index (χ3v) is 3.21. The monoisotopic (exact) mass is 242 g/mol. The van der Waals surface area contributed by atoms with Gasteiger partial charge in [0.2, 0.25) is 0 Å². The van der Waals surface area contributed by atoms with Crippen LogP contribution in [0, 0.1) is 0 Å². The molecule has 0 saturated carbocycles. The number of nitrogens with one attached hydrogen (secondary N) is 1. The van der Waals surface area contributed by atoms with Crippen molar-refractivity contribution < 1.29 is 9.53 Å². The van der Waals surface area contributed by atoms with Crippen LogP contribution in [0.1, 0.15) is 47.0 Å². The van der Waals surface area contributed by atoms with Gasteiger partial charge in [0.05, 0.1) is 6.04 Å². The summed E-state index contributed by atoms with van der Waals surface area (Å²) in [7, 11) is 1.94. The van der Waals surface area contributed by atoms with Gasteiger partial charge in [0.15, 0.2) is 0 Å². The lowest BCUT2D eigenvalue weighted by molar-refractivity contribution is 0.00598. The molecule has 1 rings (SSSR count). The Kier molecular flexibility index (Phi) is 4.80. The SMILES string of the molecule is CN[C@H](C)[C@@H]1CCCCN1C(=O)OC(C)(C)C. The molecule has 1 heterocycles. The van der Waals surface area contributed by atoms with Gasteiger partial charge in [0.1, 0.15) is 5.60 Å². The van der Waals surface area contributed by atoms with Crippen molar-refractivity contribution in [1.82, 2.24) is 10.2 Å². The summed E-state index contributed by atoms with van der Waals surface area (Å²) in [5.41, 5.74) is -0.415. The number of hydrogen-bond acceptors (Lipinski definition) is 3. The van der Waals surface area contributed by atoms with Gasteiger partial charge in [-0.3, -0.25) is 0 Å². The Hall–Kier alpha value is -0.770. The van der Waals surface area contributed by atoms with Gasteiger partial charge in [-0.05, 0) is 54.0 Å². The predicted molar refractivity (Wildman–Crippen MR) is 69.1 cm³/mol. The Morgan fingerprint density at radius 2 is 2.06 bits per heavy atom. The first kappa shape index (κ1) is 14.3. The molecule has 0 aromatic rings. The minimum Gasteiger partial charge on any atom is -0.444 e. The van der Waals surface area contributed by atoms with Gasteiger partial charge in [0.25, 0.3) is 0 Å². The van der Waals surface area contributed by atoms with Gasteiger partial charge < -0.3 is 15.0 Å². The first-order valence-electron chi connectivity index (χ1n) is 6.52. The van der Waals surface area contributed by atoms with Gasteiger partial charge >= 0.3 is 6.09 Å². The summed E-state index contributed by atoms with van der Waals surface area (Å²) < 4.78 is 5.46. The van der Waals surface area contributed by atoms with Crippen molar-refractivity contribution in [3.8, 4) is 0 Å². The molecule has 4 nitrogen and oxygen atoms in total. The van der Waals surface area contributed by atoms with Crippen molar-refractivity contribution >= 4 is 6.09 Å². The van der Waals surface area contributed by atoms with Crippen LogP contribution < -0.4 is 5.32 Å². The van der Waals surface area contributed by atoms with E-state index >= 15 is 0 Å². The summed E-state index contributed by atoms with van der Waals surface area (Å²) in [4.78, 5) is 14.0. The average molecular weight is 242 g/mol. The van der Waals surface area contributed by atoms with Crippen LogP contribution in [-0.2, 0) is 4.74 Å². The molecule has 1 fully saturated rings. The number of ether oxygens (including phenoxy) is 1. The Bertz CT molecular complexity index is 261. The molecule has 0 radical (unpaired) electrons. The van der Waals surface area contributed by atoms with Gasteiger partial charge in [0, 0.05) is 12.6 Å². The van der Waals surface area contributed by atoms with E-state index in [0.29, 0.717) is 6.04 Å². The van der Waals surface area contributed by atoms with Crippen LogP contribution in [0.25, 0.3) is 0 Å². The third kappa shape index (κ3) is 4.19. The Balaban J connectivity index is 2.67. The van der Waals surface area contributed by atoms with Crippen LogP contribution in [0.2, 0.25) is 0 Å². The number of likely N-dealkylation sites (tertiary alicyclic amines) is 1. The summed E-state index contributed by atoms with van der Waals surface area (Å²) in [6.45, 7) is 8.65. The van der Waals surface area contributed by atoms with E-state index in [0.717, 1.165) is 19.4 Å². The average Bonchev–Trinajstić information content (AvgIpc) is 2.25. The van der Waals surface area contributed by atoms with E-state index in [9.17, 15) is 4.79 Å². The van der Waals surface area contributed by atoms with E-state index in [-0.39, 0.29) is 12.1 Å². The highest BCUT2D eigenvalue weighted by Gasteiger charge is 2.32. The molecular weight excluding hydrogens is 216 g/mol. The first-order valence-corrected chi connectivity index (χ1v) is 6.52. The molecule has 0 aromatic carbocycles. The molecule has 4 heteroatoms. The van der Waals surface area contributed by atoms with E-state index in [1.54, 1.807) is 0 Å². The van der Waals surface area contributed by atoms with Crippen molar-refractivity contribution in [2.45, 2.75) is 64.6 Å². The zero-order valence-electron chi connectivity index (χ0n) is 11.7. The van der Waals surface area contributed by atoms with Gasteiger partial charge in [-0.25, -0.2) is 4.79 Å². The smallest absolute Gasteiger partial charge is 0.410 e. The van der Waals surface area contributed by atoms with E-state index in [1.165, 1.54) is 6.42 Å². The highest BCUT2D eigenvalue weighted by Crippen LogP contribution is 2.22. The van der Waals surface area contributed by atoms with E-state index in [4.69, 9.17) is 4.74 Å². The zero-order chi connectivity index (χ0) is 13.1. The van der Waals surface area contributed by atoms with Gasteiger partial charge in [-0.1, -0.05) is 0 Å². The molecule has 17 heavy (non-hydrogen) atoms. The summed E-state index contributed by atoms with van der Waals surface area (Å²) in [5, 5.41) is 3.23. The highest BCUT2D eigenvalue weighted by molar-refractivity contribution is 5.68. The van der Waals surface area contributed by atoms with Crippen molar-refractivity contribution in [2.75, 3.05) is 13.6 Å². The Morgan fingerprint density at radius 1 is 1.41 bits per heavy atom. The molecule has 0 unspecified atom stereocenters. The maximum absolute atomic E-state index is 12.1. The number of rotatable bonds is 2. The fraction of sp³-hybridized carbons (Fsp3) is 0.923. The molecule has 1 N–H and O–H groups in total. The van der Waals surface area contributed by atoms with Crippen molar-refractivity contribution in [3.05, 3.63) is 0 Å². The predicted octanol–water partition coefficient (Wildman–Crippen LogP) is 2.38. The maximum Gasteiger partial charge on any atom is 0.410 e. The fourth-order valence-corrected chi connectivity index (χ4v) is 2.22. The molecule has 1 aliphatic heterocycles. The normalized spacial score (nSPS) is 23.4. The third-order valence-electron chi connectivity index (χ3n) is 3.21. The quantitative estimate of drug-likeness (QED) is 0.808. The molecule has 100 valence electrons. The number of carbonyl (C=O) groups excluding carboxylic acids is 1. The first-order chi connectivity index (χ1) is 7.85. The van der Waals surface area contributed by atoms with Crippen LogP contribution in [-0.4, -0.2) is 42.3 Å². The molecule has 1 saturated heterocycles. The van der Waals surface area contributed by atoms with Gasteiger partial charge in [-0.2, -0.15) is 0 Å². The largest absolute Gasteiger partial charge is 0.444 e.